The summed E-state index contributed by atoms with van der Waals surface area (Å²) in [5, 5.41) is 3.78. The van der Waals surface area contributed by atoms with Gasteiger partial charge in [-0.2, -0.15) is 0 Å². The summed E-state index contributed by atoms with van der Waals surface area (Å²) in [6.07, 6.45) is 0.721. The van der Waals surface area contributed by atoms with Crippen molar-refractivity contribution in [1.29, 1.82) is 0 Å². The Morgan fingerprint density at radius 2 is 2.33 bits per heavy atom. The van der Waals surface area contributed by atoms with Crippen molar-refractivity contribution in [3.63, 3.8) is 0 Å². The molecular formula is C15H17N3O3. The molecule has 1 aliphatic rings. The number of carbonyl (C=O) groups is 1. The number of rotatable bonds is 3. The van der Waals surface area contributed by atoms with Gasteiger partial charge in [-0.15, -0.1) is 0 Å². The number of aromatic nitrogens is 2. The zero-order valence-corrected chi connectivity index (χ0v) is 12.1. The van der Waals surface area contributed by atoms with Crippen molar-refractivity contribution in [2.75, 3.05) is 13.2 Å². The molecule has 110 valence electrons. The van der Waals surface area contributed by atoms with Crippen LogP contribution in [0.3, 0.4) is 0 Å². The van der Waals surface area contributed by atoms with Gasteiger partial charge in [-0.05, 0) is 19.4 Å². The lowest BCUT2D eigenvalue weighted by Crippen LogP contribution is -2.36. The zero-order valence-electron chi connectivity index (χ0n) is 12.1. The summed E-state index contributed by atoms with van der Waals surface area (Å²) in [6, 6.07) is 5.48. The summed E-state index contributed by atoms with van der Waals surface area (Å²) in [7, 11) is 0. The van der Waals surface area contributed by atoms with E-state index >= 15 is 0 Å². The monoisotopic (exact) mass is 287 g/mol. The topological polar surface area (TPSA) is 68.5 Å². The molecule has 2 aromatic rings. The third-order valence-corrected chi connectivity index (χ3v) is 3.45. The van der Waals surface area contributed by atoms with E-state index in [1.54, 1.807) is 17.9 Å². The van der Waals surface area contributed by atoms with Crippen molar-refractivity contribution >= 4 is 5.91 Å². The summed E-state index contributed by atoms with van der Waals surface area (Å²) in [6.45, 7) is 5.47. The minimum absolute atomic E-state index is 0.105. The molecule has 6 nitrogen and oxygen atoms in total. The fourth-order valence-electron chi connectivity index (χ4n) is 2.43. The number of fused-ring (bicyclic) bond motifs is 1. The summed E-state index contributed by atoms with van der Waals surface area (Å²) in [5.74, 6) is 1.17. The standard InChI is InChI=1S/C15H17N3O3/c1-3-20-14-5-4-11-9-18(7-6-12(11)16-14)15(19)13-8-10(2)21-17-13/h4-5,8H,3,6-7,9H2,1-2H3. The first-order chi connectivity index (χ1) is 10.2. The van der Waals surface area contributed by atoms with Crippen molar-refractivity contribution in [3.8, 4) is 5.88 Å². The van der Waals surface area contributed by atoms with E-state index in [0.29, 0.717) is 37.0 Å². The molecule has 3 rings (SSSR count). The van der Waals surface area contributed by atoms with E-state index in [4.69, 9.17) is 9.26 Å². The summed E-state index contributed by atoms with van der Waals surface area (Å²) in [5.41, 5.74) is 2.41. The smallest absolute Gasteiger partial charge is 0.276 e. The van der Waals surface area contributed by atoms with E-state index in [1.807, 2.05) is 19.1 Å². The second-order valence-electron chi connectivity index (χ2n) is 4.99. The number of hydrogen-bond acceptors (Lipinski definition) is 5. The van der Waals surface area contributed by atoms with E-state index in [1.165, 1.54) is 0 Å². The van der Waals surface area contributed by atoms with E-state index in [-0.39, 0.29) is 5.91 Å². The van der Waals surface area contributed by atoms with Crippen LogP contribution in [0.4, 0.5) is 0 Å². The molecule has 6 heteroatoms. The van der Waals surface area contributed by atoms with Gasteiger partial charge in [-0.1, -0.05) is 11.2 Å². The van der Waals surface area contributed by atoms with Crippen LogP contribution in [0, 0.1) is 6.92 Å². The fraction of sp³-hybridized carbons (Fsp3) is 0.400. The highest BCUT2D eigenvalue weighted by Gasteiger charge is 2.24. The van der Waals surface area contributed by atoms with Gasteiger partial charge in [0.25, 0.3) is 5.91 Å². The maximum absolute atomic E-state index is 12.4. The normalized spacial score (nSPS) is 13.9. The highest BCUT2D eigenvalue weighted by molar-refractivity contribution is 5.92. The molecule has 0 aromatic carbocycles. The first-order valence-corrected chi connectivity index (χ1v) is 7.01. The number of amides is 1. The third kappa shape index (κ3) is 2.74. The number of hydrogen-bond donors (Lipinski definition) is 0. The van der Waals surface area contributed by atoms with Gasteiger partial charge in [0.05, 0.1) is 12.3 Å². The SMILES string of the molecule is CCOc1ccc2c(n1)CCN(C(=O)c1cc(C)on1)C2. The van der Waals surface area contributed by atoms with E-state index in [2.05, 4.69) is 10.1 Å². The molecule has 0 bridgehead atoms. The van der Waals surface area contributed by atoms with Gasteiger partial charge in [0.2, 0.25) is 5.88 Å². The maximum Gasteiger partial charge on any atom is 0.276 e. The van der Waals surface area contributed by atoms with Gasteiger partial charge in [0.1, 0.15) is 5.76 Å². The number of carbonyl (C=O) groups excluding carboxylic acids is 1. The Hall–Kier alpha value is -2.37. The Bertz CT molecular complexity index is 666. The lowest BCUT2D eigenvalue weighted by atomic mass is 10.1. The molecule has 1 aliphatic heterocycles. The molecule has 0 saturated heterocycles. The minimum atomic E-state index is -0.105. The zero-order chi connectivity index (χ0) is 14.8. The molecule has 0 unspecified atom stereocenters. The summed E-state index contributed by atoms with van der Waals surface area (Å²) in [4.78, 5) is 18.6. The summed E-state index contributed by atoms with van der Waals surface area (Å²) < 4.78 is 10.4. The second-order valence-corrected chi connectivity index (χ2v) is 4.99. The largest absolute Gasteiger partial charge is 0.478 e. The molecule has 0 radical (unpaired) electrons. The first kappa shape index (κ1) is 13.6. The third-order valence-electron chi connectivity index (χ3n) is 3.45. The molecule has 0 atom stereocenters. The Kier molecular flexibility index (Phi) is 3.60. The average Bonchev–Trinajstić information content (AvgIpc) is 2.93. The molecule has 0 N–H and O–H groups in total. The molecule has 3 heterocycles. The van der Waals surface area contributed by atoms with Crippen LogP contribution in [0.15, 0.2) is 22.7 Å². The van der Waals surface area contributed by atoms with Crippen LogP contribution >= 0.6 is 0 Å². The van der Waals surface area contributed by atoms with Crippen molar-refractivity contribution in [3.05, 3.63) is 40.9 Å². The van der Waals surface area contributed by atoms with Crippen LogP contribution in [0.5, 0.6) is 5.88 Å². The molecular weight excluding hydrogens is 270 g/mol. The van der Waals surface area contributed by atoms with Crippen LogP contribution in [0.1, 0.15) is 34.4 Å². The number of pyridine rings is 1. The van der Waals surface area contributed by atoms with Crippen LogP contribution in [0.2, 0.25) is 0 Å². The molecule has 0 saturated carbocycles. The molecule has 0 aliphatic carbocycles. The van der Waals surface area contributed by atoms with E-state index in [0.717, 1.165) is 17.7 Å². The Labute approximate surface area is 122 Å². The van der Waals surface area contributed by atoms with Crippen LogP contribution < -0.4 is 4.74 Å². The predicted octanol–water partition coefficient (Wildman–Crippen LogP) is 1.98. The Morgan fingerprint density at radius 3 is 3.05 bits per heavy atom. The molecule has 1 amide bonds. The van der Waals surface area contributed by atoms with Gasteiger partial charge in [-0.3, -0.25) is 4.79 Å². The Morgan fingerprint density at radius 1 is 1.48 bits per heavy atom. The number of aryl methyl sites for hydroxylation is 1. The molecule has 0 spiro atoms. The minimum Gasteiger partial charge on any atom is -0.478 e. The van der Waals surface area contributed by atoms with E-state index in [9.17, 15) is 4.79 Å². The molecule has 21 heavy (non-hydrogen) atoms. The first-order valence-electron chi connectivity index (χ1n) is 7.01. The molecule has 2 aromatic heterocycles. The quantitative estimate of drug-likeness (QED) is 0.863. The highest BCUT2D eigenvalue weighted by atomic mass is 16.5. The van der Waals surface area contributed by atoms with Crippen molar-refractivity contribution in [1.82, 2.24) is 15.0 Å². The van der Waals surface area contributed by atoms with Crippen molar-refractivity contribution < 1.29 is 14.1 Å². The van der Waals surface area contributed by atoms with Crippen LogP contribution in [0.25, 0.3) is 0 Å². The average molecular weight is 287 g/mol. The van der Waals surface area contributed by atoms with Gasteiger partial charge >= 0.3 is 0 Å². The van der Waals surface area contributed by atoms with E-state index < -0.39 is 0 Å². The van der Waals surface area contributed by atoms with Gasteiger partial charge in [0.15, 0.2) is 5.69 Å². The maximum atomic E-state index is 12.4. The number of ether oxygens (including phenoxy) is 1. The lowest BCUT2D eigenvalue weighted by Gasteiger charge is -2.27. The predicted molar refractivity (Wildman–Crippen MR) is 75.1 cm³/mol. The van der Waals surface area contributed by atoms with Crippen molar-refractivity contribution in [2.24, 2.45) is 0 Å². The highest BCUT2D eigenvalue weighted by Crippen LogP contribution is 2.21. The van der Waals surface area contributed by atoms with Crippen LogP contribution in [-0.4, -0.2) is 34.1 Å². The van der Waals surface area contributed by atoms with Gasteiger partial charge in [0, 0.05) is 31.6 Å². The summed E-state index contributed by atoms with van der Waals surface area (Å²) >= 11 is 0. The Balaban J connectivity index is 1.76. The second kappa shape index (κ2) is 5.55. The number of nitrogens with zero attached hydrogens (tertiary/aromatic N) is 3. The molecule has 0 fully saturated rings. The van der Waals surface area contributed by atoms with Gasteiger partial charge in [-0.25, -0.2) is 4.98 Å². The van der Waals surface area contributed by atoms with Crippen molar-refractivity contribution in [2.45, 2.75) is 26.8 Å². The lowest BCUT2D eigenvalue weighted by molar-refractivity contribution is 0.0723. The van der Waals surface area contributed by atoms with Gasteiger partial charge < -0.3 is 14.2 Å². The van der Waals surface area contributed by atoms with Crippen LogP contribution in [-0.2, 0) is 13.0 Å². The fourth-order valence-corrected chi connectivity index (χ4v) is 2.43.